The second kappa shape index (κ2) is 8.04. The molecule has 1 rings (SSSR count). The highest BCUT2D eigenvalue weighted by Crippen LogP contribution is 2.13. The highest BCUT2D eigenvalue weighted by atomic mass is 16.5. The Morgan fingerprint density at radius 2 is 2.15 bits per heavy atom. The van der Waals surface area contributed by atoms with Crippen molar-refractivity contribution < 1.29 is 9.32 Å². The summed E-state index contributed by atoms with van der Waals surface area (Å²) in [4.78, 5) is 14.3. The summed E-state index contributed by atoms with van der Waals surface area (Å²) in [6.07, 6.45) is 3.11. The lowest BCUT2D eigenvalue weighted by Gasteiger charge is -2.24. The van der Waals surface area contributed by atoms with Crippen molar-refractivity contribution in [1.29, 1.82) is 0 Å². The lowest BCUT2D eigenvalue weighted by atomic mass is 10.1. The van der Waals surface area contributed by atoms with E-state index in [2.05, 4.69) is 36.3 Å². The van der Waals surface area contributed by atoms with Crippen LogP contribution in [0.15, 0.2) is 4.52 Å². The van der Waals surface area contributed by atoms with Crippen LogP contribution in [0.1, 0.15) is 55.4 Å². The first-order valence-electron chi connectivity index (χ1n) is 7.44. The fraction of sp³-hybridized carbons (Fsp3) is 0.733. The predicted octanol–water partition coefficient (Wildman–Crippen LogP) is 2.40. The first-order valence-corrected chi connectivity index (χ1v) is 7.44. The van der Waals surface area contributed by atoms with Gasteiger partial charge in [0, 0.05) is 24.6 Å². The number of carbonyl (C=O) groups is 1. The van der Waals surface area contributed by atoms with Crippen LogP contribution in [0.3, 0.4) is 0 Å². The van der Waals surface area contributed by atoms with E-state index in [1.54, 1.807) is 0 Å². The molecule has 1 aromatic rings. The third-order valence-electron chi connectivity index (χ3n) is 3.73. The number of amides is 1. The second-order valence-electron chi connectivity index (χ2n) is 5.33. The van der Waals surface area contributed by atoms with E-state index in [4.69, 9.17) is 4.52 Å². The summed E-state index contributed by atoms with van der Waals surface area (Å²) in [7, 11) is 2.09. The lowest BCUT2D eigenvalue weighted by Crippen LogP contribution is -2.40. The smallest absolute Gasteiger partial charge is 0.273 e. The minimum absolute atomic E-state index is 0.151. The van der Waals surface area contributed by atoms with Crippen LogP contribution in [0.2, 0.25) is 0 Å². The zero-order valence-electron chi connectivity index (χ0n) is 13.3. The van der Waals surface area contributed by atoms with Gasteiger partial charge in [-0.15, -0.1) is 0 Å². The fourth-order valence-corrected chi connectivity index (χ4v) is 2.02. The minimum atomic E-state index is -0.151. The number of unbranched alkanes of at least 4 members (excludes halogenated alkanes) is 1. The van der Waals surface area contributed by atoms with Gasteiger partial charge in [-0.25, -0.2) is 0 Å². The summed E-state index contributed by atoms with van der Waals surface area (Å²) in [6, 6.07) is 0.309. The van der Waals surface area contributed by atoms with Crippen LogP contribution < -0.4 is 5.32 Å². The van der Waals surface area contributed by atoms with E-state index in [9.17, 15) is 4.79 Å². The molecular weight excluding hydrogens is 254 g/mol. The molecule has 1 N–H and O–H groups in total. The first kappa shape index (κ1) is 16.7. The molecule has 0 saturated heterocycles. The highest BCUT2D eigenvalue weighted by Gasteiger charge is 2.18. The molecule has 0 fully saturated rings. The van der Waals surface area contributed by atoms with Gasteiger partial charge in [0.15, 0.2) is 5.69 Å². The number of aromatic nitrogens is 1. The van der Waals surface area contributed by atoms with Crippen molar-refractivity contribution in [1.82, 2.24) is 15.4 Å². The molecule has 5 nitrogen and oxygen atoms in total. The molecule has 1 unspecified atom stereocenters. The first-order chi connectivity index (χ1) is 9.51. The number of likely N-dealkylation sites (N-methyl/N-ethyl adjacent to an activating group) is 1. The number of carbonyl (C=O) groups excluding carboxylic acids is 1. The molecule has 20 heavy (non-hydrogen) atoms. The van der Waals surface area contributed by atoms with Crippen molar-refractivity contribution in [2.75, 3.05) is 20.1 Å². The van der Waals surface area contributed by atoms with E-state index < -0.39 is 0 Å². The standard InChI is InChI=1S/C15H27N3O2/c1-6-8-9-18(5)11(3)10-16-15(19)14-12(4)13(7-2)20-17-14/h11H,6-10H2,1-5H3,(H,16,19). The lowest BCUT2D eigenvalue weighted by molar-refractivity contribution is 0.0931. The number of aryl methyl sites for hydroxylation is 1. The molecule has 0 aliphatic heterocycles. The van der Waals surface area contributed by atoms with Crippen molar-refractivity contribution in [3.63, 3.8) is 0 Å². The Labute approximate surface area is 121 Å². The van der Waals surface area contributed by atoms with Gasteiger partial charge < -0.3 is 14.7 Å². The van der Waals surface area contributed by atoms with E-state index in [1.165, 1.54) is 12.8 Å². The maximum atomic E-state index is 12.1. The predicted molar refractivity (Wildman–Crippen MR) is 80.0 cm³/mol. The van der Waals surface area contributed by atoms with Gasteiger partial charge in [0.2, 0.25) is 0 Å². The third-order valence-corrected chi connectivity index (χ3v) is 3.73. The van der Waals surface area contributed by atoms with Crippen LogP contribution >= 0.6 is 0 Å². The zero-order chi connectivity index (χ0) is 15.1. The molecule has 0 spiro atoms. The van der Waals surface area contributed by atoms with Gasteiger partial charge in [-0.2, -0.15) is 0 Å². The minimum Gasteiger partial charge on any atom is -0.360 e. The molecule has 1 atom stereocenters. The van der Waals surface area contributed by atoms with Crippen LogP contribution in [0.25, 0.3) is 0 Å². The zero-order valence-corrected chi connectivity index (χ0v) is 13.3. The molecule has 0 radical (unpaired) electrons. The molecule has 1 aromatic heterocycles. The second-order valence-corrected chi connectivity index (χ2v) is 5.33. The van der Waals surface area contributed by atoms with E-state index in [-0.39, 0.29) is 5.91 Å². The summed E-state index contributed by atoms with van der Waals surface area (Å²) in [6.45, 7) is 9.83. The molecule has 1 amide bonds. The Kier molecular flexibility index (Phi) is 6.71. The van der Waals surface area contributed by atoms with Crippen molar-refractivity contribution in [3.8, 4) is 0 Å². The topological polar surface area (TPSA) is 58.4 Å². The van der Waals surface area contributed by atoms with Crippen molar-refractivity contribution >= 4 is 5.91 Å². The summed E-state index contributed by atoms with van der Waals surface area (Å²) >= 11 is 0. The molecule has 0 aliphatic carbocycles. The summed E-state index contributed by atoms with van der Waals surface area (Å²) in [5.41, 5.74) is 1.25. The van der Waals surface area contributed by atoms with Crippen LogP contribution in [0.4, 0.5) is 0 Å². The third kappa shape index (κ3) is 4.34. The van der Waals surface area contributed by atoms with Gasteiger partial charge in [-0.1, -0.05) is 25.4 Å². The molecule has 114 valence electrons. The molecule has 0 aliphatic rings. The Morgan fingerprint density at radius 1 is 1.45 bits per heavy atom. The molecule has 0 saturated carbocycles. The Bertz CT molecular complexity index is 429. The highest BCUT2D eigenvalue weighted by molar-refractivity contribution is 5.93. The van der Waals surface area contributed by atoms with Gasteiger partial charge >= 0.3 is 0 Å². The average molecular weight is 281 g/mol. The molecule has 5 heteroatoms. The van der Waals surface area contributed by atoms with Crippen molar-refractivity contribution in [2.24, 2.45) is 0 Å². The number of hydrogen-bond donors (Lipinski definition) is 1. The van der Waals surface area contributed by atoms with Crippen LogP contribution in [0, 0.1) is 6.92 Å². The Morgan fingerprint density at radius 3 is 2.70 bits per heavy atom. The van der Waals surface area contributed by atoms with Gasteiger partial charge in [0.05, 0.1) is 0 Å². The van der Waals surface area contributed by atoms with E-state index >= 15 is 0 Å². The Hall–Kier alpha value is -1.36. The molecule has 1 heterocycles. The van der Waals surface area contributed by atoms with E-state index in [1.807, 2.05) is 13.8 Å². The van der Waals surface area contributed by atoms with Gasteiger partial charge in [-0.05, 0) is 33.9 Å². The monoisotopic (exact) mass is 281 g/mol. The molecule has 0 bridgehead atoms. The SMILES string of the molecule is CCCCN(C)C(C)CNC(=O)c1noc(CC)c1C. The summed E-state index contributed by atoms with van der Waals surface area (Å²) < 4.78 is 5.15. The van der Waals surface area contributed by atoms with Crippen molar-refractivity contribution in [3.05, 3.63) is 17.0 Å². The molecular formula is C15H27N3O2. The summed E-state index contributed by atoms with van der Waals surface area (Å²) in [5.74, 6) is 0.630. The van der Waals surface area contributed by atoms with Crippen LogP contribution in [0.5, 0.6) is 0 Å². The van der Waals surface area contributed by atoms with E-state index in [0.29, 0.717) is 18.3 Å². The maximum absolute atomic E-state index is 12.1. The quantitative estimate of drug-likeness (QED) is 0.795. The molecule has 0 aromatic carbocycles. The van der Waals surface area contributed by atoms with Crippen molar-refractivity contribution in [2.45, 2.75) is 53.0 Å². The summed E-state index contributed by atoms with van der Waals surface area (Å²) in [5, 5.41) is 6.79. The normalized spacial score (nSPS) is 12.7. The van der Waals surface area contributed by atoms with Gasteiger partial charge in [-0.3, -0.25) is 4.79 Å². The van der Waals surface area contributed by atoms with Crippen LogP contribution in [-0.2, 0) is 6.42 Å². The fourth-order valence-electron chi connectivity index (χ4n) is 2.02. The maximum Gasteiger partial charge on any atom is 0.273 e. The van der Waals surface area contributed by atoms with Crippen LogP contribution in [-0.4, -0.2) is 42.1 Å². The van der Waals surface area contributed by atoms with E-state index in [0.717, 1.165) is 24.3 Å². The largest absolute Gasteiger partial charge is 0.360 e. The number of nitrogens with one attached hydrogen (secondary N) is 1. The number of nitrogens with zero attached hydrogens (tertiary/aromatic N) is 2. The number of rotatable bonds is 8. The van der Waals surface area contributed by atoms with Gasteiger partial charge in [0.25, 0.3) is 5.91 Å². The van der Waals surface area contributed by atoms with Gasteiger partial charge in [0.1, 0.15) is 5.76 Å². The average Bonchev–Trinajstić information content (AvgIpc) is 2.82. The number of hydrogen-bond acceptors (Lipinski definition) is 4. The Balaban J connectivity index is 2.48.